The average Bonchev–Trinajstić information content (AvgIpc) is 3.31. The van der Waals surface area contributed by atoms with Gasteiger partial charge in [-0.25, -0.2) is 0 Å². The van der Waals surface area contributed by atoms with E-state index in [1.54, 1.807) is 0 Å². The van der Waals surface area contributed by atoms with Crippen molar-refractivity contribution in [1.29, 1.82) is 0 Å². The molecular formula is C29H37N. The molecule has 0 fully saturated rings. The van der Waals surface area contributed by atoms with Crippen molar-refractivity contribution in [3.05, 3.63) is 83.5 Å². The van der Waals surface area contributed by atoms with Gasteiger partial charge >= 0.3 is 0 Å². The number of rotatable bonds is 7. The Balaban J connectivity index is 1.59. The van der Waals surface area contributed by atoms with Crippen LogP contribution in [0.15, 0.2) is 72.3 Å². The van der Waals surface area contributed by atoms with Crippen molar-refractivity contribution < 1.29 is 0 Å². The summed E-state index contributed by atoms with van der Waals surface area (Å²) < 4.78 is 0. The van der Waals surface area contributed by atoms with Gasteiger partial charge in [-0.05, 0) is 61.8 Å². The van der Waals surface area contributed by atoms with Crippen molar-refractivity contribution in [2.75, 3.05) is 6.54 Å². The van der Waals surface area contributed by atoms with E-state index in [0.29, 0.717) is 23.9 Å². The van der Waals surface area contributed by atoms with Crippen molar-refractivity contribution in [3.8, 4) is 11.1 Å². The smallest absolute Gasteiger partial charge is 0.0161 e. The molecule has 0 spiro atoms. The summed E-state index contributed by atoms with van der Waals surface area (Å²) in [5.41, 5.74) is 7.44. The maximum Gasteiger partial charge on any atom is 0.0161 e. The van der Waals surface area contributed by atoms with Gasteiger partial charge in [-0.2, -0.15) is 0 Å². The fourth-order valence-corrected chi connectivity index (χ4v) is 5.72. The van der Waals surface area contributed by atoms with Gasteiger partial charge in [0.25, 0.3) is 0 Å². The Hall–Kier alpha value is -2.12. The summed E-state index contributed by atoms with van der Waals surface area (Å²) in [4.78, 5) is 2.59. The van der Waals surface area contributed by atoms with Gasteiger partial charge in [-0.1, -0.05) is 86.2 Å². The molecule has 2 aromatic rings. The normalized spacial score (nSPS) is 18.4. The molecule has 0 saturated heterocycles. The molecule has 0 heterocycles. The lowest BCUT2D eigenvalue weighted by Gasteiger charge is -2.37. The maximum atomic E-state index is 2.59. The molecule has 0 amide bonds. The summed E-state index contributed by atoms with van der Waals surface area (Å²) in [5.74, 6) is 0.890. The second-order valence-electron chi connectivity index (χ2n) is 10.2. The first kappa shape index (κ1) is 21.1. The highest BCUT2D eigenvalue weighted by Crippen LogP contribution is 2.56. The van der Waals surface area contributed by atoms with Crippen LogP contribution in [-0.2, 0) is 0 Å². The van der Waals surface area contributed by atoms with Gasteiger partial charge in [0.15, 0.2) is 0 Å². The van der Waals surface area contributed by atoms with E-state index in [9.17, 15) is 0 Å². The molecule has 2 aliphatic rings. The molecule has 30 heavy (non-hydrogen) atoms. The zero-order valence-corrected chi connectivity index (χ0v) is 19.5. The molecule has 2 aliphatic carbocycles. The minimum Gasteiger partial charge on any atom is -0.298 e. The second-order valence-corrected chi connectivity index (χ2v) is 10.2. The van der Waals surface area contributed by atoms with E-state index in [1.807, 2.05) is 0 Å². The highest BCUT2D eigenvalue weighted by Gasteiger charge is 2.43. The van der Waals surface area contributed by atoms with Crippen LogP contribution in [0, 0.1) is 11.3 Å². The zero-order chi connectivity index (χ0) is 21.5. The minimum absolute atomic E-state index is 0.122. The van der Waals surface area contributed by atoms with Crippen molar-refractivity contribution in [2.24, 2.45) is 11.3 Å². The van der Waals surface area contributed by atoms with Gasteiger partial charge in [0, 0.05) is 30.5 Å². The van der Waals surface area contributed by atoms with Crippen LogP contribution in [0.4, 0.5) is 0 Å². The first-order valence-corrected chi connectivity index (χ1v) is 11.6. The number of hydrogen-bond acceptors (Lipinski definition) is 1. The van der Waals surface area contributed by atoms with Crippen molar-refractivity contribution in [2.45, 2.75) is 66.0 Å². The fourth-order valence-electron chi connectivity index (χ4n) is 5.72. The van der Waals surface area contributed by atoms with Gasteiger partial charge in [-0.3, -0.25) is 4.90 Å². The first-order chi connectivity index (χ1) is 14.3. The van der Waals surface area contributed by atoms with Crippen LogP contribution >= 0.6 is 0 Å². The Morgan fingerprint density at radius 2 is 1.37 bits per heavy atom. The van der Waals surface area contributed by atoms with Crippen molar-refractivity contribution in [3.63, 3.8) is 0 Å². The van der Waals surface area contributed by atoms with E-state index >= 15 is 0 Å². The average molecular weight is 400 g/mol. The van der Waals surface area contributed by atoms with E-state index in [4.69, 9.17) is 0 Å². The van der Waals surface area contributed by atoms with Crippen molar-refractivity contribution in [1.82, 2.24) is 4.90 Å². The van der Waals surface area contributed by atoms with Crippen LogP contribution in [-0.4, -0.2) is 23.5 Å². The second kappa shape index (κ2) is 8.19. The first-order valence-electron chi connectivity index (χ1n) is 11.6. The molecule has 0 radical (unpaired) electrons. The van der Waals surface area contributed by atoms with Crippen molar-refractivity contribution >= 4 is 0 Å². The molecule has 0 aromatic heterocycles. The van der Waals surface area contributed by atoms with E-state index in [1.165, 1.54) is 27.8 Å². The van der Waals surface area contributed by atoms with Gasteiger partial charge in [0.05, 0.1) is 0 Å². The Bertz CT molecular complexity index is 906. The third-order valence-electron chi connectivity index (χ3n) is 7.33. The number of allylic oxidation sites excluding steroid dienone is 3. The number of benzene rings is 2. The number of nitrogens with zero attached hydrogens (tertiary/aromatic N) is 1. The summed E-state index contributed by atoms with van der Waals surface area (Å²) in [6.45, 7) is 15.3. The van der Waals surface area contributed by atoms with Crippen LogP contribution in [0.5, 0.6) is 0 Å². The Morgan fingerprint density at radius 1 is 0.833 bits per heavy atom. The predicted octanol–water partition coefficient (Wildman–Crippen LogP) is 7.45. The Morgan fingerprint density at radius 3 is 1.90 bits per heavy atom. The van der Waals surface area contributed by atoms with Crippen LogP contribution in [0.2, 0.25) is 0 Å². The highest BCUT2D eigenvalue weighted by molar-refractivity contribution is 5.79. The molecule has 158 valence electrons. The predicted molar refractivity (Wildman–Crippen MR) is 130 cm³/mol. The lowest BCUT2D eigenvalue weighted by atomic mass is 9.66. The van der Waals surface area contributed by atoms with Gasteiger partial charge in [0.2, 0.25) is 0 Å². The molecule has 0 N–H and O–H groups in total. The molecule has 0 bridgehead atoms. The molecule has 0 saturated carbocycles. The minimum atomic E-state index is 0.122. The van der Waals surface area contributed by atoms with E-state index in [2.05, 4.69) is 113 Å². The summed E-state index contributed by atoms with van der Waals surface area (Å²) in [5, 5.41) is 0. The third-order valence-corrected chi connectivity index (χ3v) is 7.33. The molecular weight excluding hydrogens is 362 g/mol. The largest absolute Gasteiger partial charge is 0.298 e. The van der Waals surface area contributed by atoms with E-state index < -0.39 is 0 Å². The highest BCUT2D eigenvalue weighted by atomic mass is 15.2. The summed E-state index contributed by atoms with van der Waals surface area (Å²) in [6, 6.07) is 19.2. The quantitative estimate of drug-likeness (QED) is 0.467. The number of fused-ring (bicyclic) bond motifs is 3. The fraction of sp³-hybridized carbons (Fsp3) is 0.448. The molecule has 2 aromatic carbocycles. The third kappa shape index (κ3) is 3.69. The molecule has 1 nitrogen and oxygen atoms in total. The van der Waals surface area contributed by atoms with Gasteiger partial charge in [0.1, 0.15) is 0 Å². The maximum absolute atomic E-state index is 2.59. The standard InChI is InChI=1S/C29H37N/c1-20(2)30(21(3)4)18-17-22-15-16-23(19-22)29(5,6)28-26-13-9-7-11-24(26)25-12-8-10-14-27(25)28/h7-16,19-21,23,28H,17-18H2,1-6H3. The van der Waals surface area contributed by atoms with Crippen LogP contribution in [0.25, 0.3) is 11.1 Å². The van der Waals surface area contributed by atoms with Gasteiger partial charge < -0.3 is 0 Å². The topological polar surface area (TPSA) is 3.24 Å². The lowest BCUT2D eigenvalue weighted by molar-refractivity contribution is 0.177. The number of hydrogen-bond donors (Lipinski definition) is 0. The van der Waals surface area contributed by atoms with Crippen LogP contribution in [0.3, 0.4) is 0 Å². The van der Waals surface area contributed by atoms with Crippen LogP contribution in [0.1, 0.15) is 65.0 Å². The molecule has 1 unspecified atom stereocenters. The Kier molecular flexibility index (Phi) is 5.77. The summed E-state index contributed by atoms with van der Waals surface area (Å²) >= 11 is 0. The summed E-state index contributed by atoms with van der Waals surface area (Å²) in [7, 11) is 0. The molecule has 1 heteroatoms. The van der Waals surface area contributed by atoms with E-state index in [-0.39, 0.29) is 5.41 Å². The van der Waals surface area contributed by atoms with E-state index in [0.717, 1.165) is 13.0 Å². The SMILES string of the molecule is CC(C)N(CCC1=CC(C(C)(C)C2c3ccccc3-c3ccccc32)C=C1)C(C)C. The monoisotopic (exact) mass is 399 g/mol. The van der Waals surface area contributed by atoms with Gasteiger partial charge in [-0.15, -0.1) is 0 Å². The Labute approximate surface area is 183 Å². The van der Waals surface area contributed by atoms with Crippen LogP contribution < -0.4 is 0 Å². The lowest BCUT2D eigenvalue weighted by Crippen LogP contribution is -2.37. The summed E-state index contributed by atoms with van der Waals surface area (Å²) in [6.07, 6.45) is 8.52. The molecule has 0 aliphatic heterocycles. The zero-order valence-electron chi connectivity index (χ0n) is 19.5. The molecule has 4 rings (SSSR count). The molecule has 1 atom stereocenters.